The fourth-order valence-corrected chi connectivity index (χ4v) is 1.50. The third kappa shape index (κ3) is 9.46. The summed E-state index contributed by atoms with van der Waals surface area (Å²) in [7, 11) is 1.39. The molecule has 0 bridgehead atoms. The van der Waals surface area contributed by atoms with Crippen molar-refractivity contribution in [2.45, 2.75) is 51.6 Å². The molecule has 6 heteroatoms. The zero-order valence-corrected chi connectivity index (χ0v) is 11.0. The first-order valence-electron chi connectivity index (χ1n) is 6.07. The molecule has 0 heterocycles. The van der Waals surface area contributed by atoms with Gasteiger partial charge in [-0.2, -0.15) is 0 Å². The van der Waals surface area contributed by atoms with Gasteiger partial charge >= 0.3 is 18.1 Å². The number of aliphatic hydroxyl groups excluding tert-OH is 1. The van der Waals surface area contributed by atoms with Crippen LogP contribution in [0, 0.1) is 5.39 Å². The minimum Gasteiger partial charge on any atom is -0.476 e. The van der Waals surface area contributed by atoms with Gasteiger partial charge in [0.1, 0.15) is 0 Å². The Morgan fingerprint density at radius 1 is 1.39 bits per heavy atom. The molecule has 0 saturated heterocycles. The van der Waals surface area contributed by atoms with Gasteiger partial charge in [-0.1, -0.05) is 12.8 Å². The van der Waals surface area contributed by atoms with Gasteiger partial charge in [0.05, 0.1) is 13.2 Å². The lowest BCUT2D eigenvalue weighted by Crippen LogP contribution is -2.07. The molecule has 0 aliphatic heterocycles. The van der Waals surface area contributed by atoms with Crippen LogP contribution in [-0.4, -0.2) is 24.3 Å². The van der Waals surface area contributed by atoms with E-state index in [1.54, 1.807) is 0 Å². The molecular weight excluding hydrogens is 236 g/mol. The van der Waals surface area contributed by atoms with Crippen molar-refractivity contribution < 1.29 is 19.4 Å². The highest BCUT2D eigenvalue weighted by Crippen LogP contribution is 2.11. The zero-order chi connectivity index (χ0) is 13.8. The van der Waals surface area contributed by atoms with Gasteiger partial charge in [-0.25, -0.2) is 0 Å². The number of aliphatic hydroxyl groups is 1. The number of hydrogen-bond donors (Lipinski definition) is 1. The van der Waals surface area contributed by atoms with Crippen LogP contribution < -0.4 is 0 Å². The van der Waals surface area contributed by atoms with Gasteiger partial charge in [0.25, 0.3) is 0 Å². The van der Waals surface area contributed by atoms with Crippen LogP contribution in [0.15, 0.2) is 12.1 Å². The third-order valence-electron chi connectivity index (χ3n) is 2.46. The van der Waals surface area contributed by atoms with E-state index >= 15 is 0 Å². The van der Waals surface area contributed by atoms with Crippen molar-refractivity contribution in [3.05, 3.63) is 17.1 Å². The summed E-state index contributed by atoms with van der Waals surface area (Å²) in [5.41, 5.74) is 0. The quantitative estimate of drug-likeness (QED) is 0.297. The van der Waals surface area contributed by atoms with E-state index in [1.165, 1.54) is 7.11 Å². The number of carbonyl (C=O) groups is 1. The molecule has 0 aromatic heterocycles. The summed E-state index contributed by atoms with van der Waals surface area (Å²) in [5.74, 6) is -0.565. The topological polar surface area (TPSA) is 83.9 Å². The molecule has 0 radical (unpaired) electrons. The van der Waals surface area contributed by atoms with Crippen molar-refractivity contribution in [1.82, 2.24) is 0 Å². The largest absolute Gasteiger partial charge is 0.476 e. The van der Waals surface area contributed by atoms with E-state index in [1.807, 2.05) is 6.92 Å². The Balaban J connectivity index is 3.47. The molecule has 0 aromatic carbocycles. The van der Waals surface area contributed by atoms with Gasteiger partial charge in [-0.3, -0.25) is 4.79 Å². The summed E-state index contributed by atoms with van der Waals surface area (Å²) < 4.78 is 9.58. The normalized spacial score (nSPS) is 12.6. The number of ether oxygens (including phenoxy) is 2. The van der Waals surface area contributed by atoms with E-state index < -0.39 is 5.95 Å². The van der Waals surface area contributed by atoms with Crippen LogP contribution in [0.1, 0.15) is 45.4 Å². The Labute approximate surface area is 107 Å². The molecular formula is C12H21N2O4+. The van der Waals surface area contributed by atoms with E-state index in [-0.39, 0.29) is 12.1 Å². The highest BCUT2D eigenvalue weighted by molar-refractivity contribution is 5.68. The van der Waals surface area contributed by atoms with Crippen molar-refractivity contribution in [1.29, 1.82) is 5.39 Å². The summed E-state index contributed by atoms with van der Waals surface area (Å²) in [5, 5.41) is 17.2. The van der Waals surface area contributed by atoms with Crippen molar-refractivity contribution >= 4 is 5.97 Å². The average Bonchev–Trinajstić information content (AvgIpc) is 2.33. The molecule has 1 atom stereocenters. The molecule has 0 aliphatic rings. The number of diazo groups is 1. The third-order valence-corrected chi connectivity index (χ3v) is 2.46. The predicted octanol–water partition coefficient (Wildman–Crippen LogP) is 3.12. The maximum absolute atomic E-state index is 10.8. The Morgan fingerprint density at radius 3 is 2.67 bits per heavy atom. The van der Waals surface area contributed by atoms with Gasteiger partial charge in [-0.15, -0.1) is 0 Å². The molecule has 0 rings (SSSR count). The number of hydrogen-bond acceptors (Lipinski definition) is 5. The second kappa shape index (κ2) is 10.4. The molecule has 0 saturated carbocycles. The molecule has 18 heavy (non-hydrogen) atoms. The van der Waals surface area contributed by atoms with Crippen LogP contribution in [0.4, 0.5) is 0 Å². The van der Waals surface area contributed by atoms with Crippen LogP contribution >= 0.6 is 0 Å². The molecule has 102 valence electrons. The van der Waals surface area contributed by atoms with Crippen LogP contribution in [0.3, 0.4) is 0 Å². The SMILES string of the molecule is COC(=O)CCCCCCC(C)O/C(O)=C/[N+]#N. The number of nitrogens with zero attached hydrogens (tertiary/aromatic N) is 2. The number of unbranched alkanes of at least 4 members (excludes halogenated alkanes) is 3. The lowest BCUT2D eigenvalue weighted by Gasteiger charge is -2.11. The molecule has 0 fully saturated rings. The molecule has 0 aromatic rings. The molecule has 1 unspecified atom stereocenters. The van der Waals surface area contributed by atoms with E-state index in [0.717, 1.165) is 38.3 Å². The molecule has 1 N–H and O–H groups in total. The average molecular weight is 257 g/mol. The van der Waals surface area contributed by atoms with E-state index in [4.69, 9.17) is 15.2 Å². The molecule has 0 amide bonds. The zero-order valence-electron chi connectivity index (χ0n) is 11.0. The van der Waals surface area contributed by atoms with Gasteiger partial charge < -0.3 is 14.6 Å². The van der Waals surface area contributed by atoms with Gasteiger partial charge in [0.15, 0.2) is 4.98 Å². The van der Waals surface area contributed by atoms with E-state index in [2.05, 4.69) is 9.71 Å². The van der Waals surface area contributed by atoms with Crippen LogP contribution in [0.25, 0.3) is 4.98 Å². The summed E-state index contributed by atoms with van der Waals surface area (Å²) in [6.45, 7) is 1.83. The van der Waals surface area contributed by atoms with Crippen LogP contribution in [0.2, 0.25) is 0 Å². The Kier molecular flexibility index (Phi) is 9.37. The fraction of sp³-hybridized carbons (Fsp3) is 0.750. The minimum atomic E-state index is -0.393. The predicted molar refractivity (Wildman–Crippen MR) is 66.1 cm³/mol. The Morgan fingerprint density at radius 2 is 2.06 bits per heavy atom. The highest BCUT2D eigenvalue weighted by Gasteiger charge is 2.08. The second-order valence-corrected chi connectivity index (χ2v) is 4.04. The Hall–Kier alpha value is -1.77. The first-order valence-corrected chi connectivity index (χ1v) is 6.07. The molecule has 0 aliphatic carbocycles. The van der Waals surface area contributed by atoms with Crippen molar-refractivity contribution in [3.63, 3.8) is 0 Å². The number of methoxy groups -OCH3 is 1. The van der Waals surface area contributed by atoms with Gasteiger partial charge in [-0.05, 0) is 26.2 Å². The smallest absolute Gasteiger partial charge is 0.429 e. The lowest BCUT2D eigenvalue weighted by molar-refractivity contribution is -0.140. The maximum Gasteiger partial charge on any atom is 0.429 e. The van der Waals surface area contributed by atoms with Crippen molar-refractivity contribution in [3.8, 4) is 0 Å². The first kappa shape index (κ1) is 16.2. The lowest BCUT2D eigenvalue weighted by atomic mass is 10.1. The number of rotatable bonds is 9. The summed E-state index contributed by atoms with van der Waals surface area (Å²) in [4.78, 5) is 13.5. The summed E-state index contributed by atoms with van der Waals surface area (Å²) in [6.07, 6.45) is 5.71. The Bertz CT molecular complexity index is 310. The van der Waals surface area contributed by atoms with Crippen molar-refractivity contribution in [2.24, 2.45) is 0 Å². The van der Waals surface area contributed by atoms with E-state index in [0.29, 0.717) is 6.42 Å². The first-order chi connectivity index (χ1) is 8.60. The van der Waals surface area contributed by atoms with Crippen LogP contribution in [0.5, 0.6) is 0 Å². The minimum absolute atomic E-state index is 0.136. The standard InChI is InChI=1S/C12H20N2O4/c1-10(18-12(16)9-14-13)7-5-3-4-6-8-11(15)17-2/h9-10H,3-8H2,1-2H3/p+1/b12-9+. The molecule has 0 spiro atoms. The van der Waals surface area contributed by atoms with Crippen molar-refractivity contribution in [2.75, 3.05) is 7.11 Å². The van der Waals surface area contributed by atoms with Crippen LogP contribution in [-0.2, 0) is 14.3 Å². The second-order valence-electron chi connectivity index (χ2n) is 4.04. The summed E-state index contributed by atoms with van der Waals surface area (Å²) >= 11 is 0. The van der Waals surface area contributed by atoms with E-state index in [9.17, 15) is 4.79 Å². The summed E-state index contributed by atoms with van der Waals surface area (Å²) in [6, 6.07) is 0. The van der Waals surface area contributed by atoms with Gasteiger partial charge in [0.2, 0.25) is 5.39 Å². The number of esters is 1. The maximum atomic E-state index is 10.8. The highest BCUT2D eigenvalue weighted by atomic mass is 16.6. The monoisotopic (exact) mass is 257 g/mol. The van der Waals surface area contributed by atoms with Gasteiger partial charge in [0, 0.05) is 6.42 Å². The fourth-order valence-electron chi connectivity index (χ4n) is 1.50. The molecule has 6 nitrogen and oxygen atoms in total. The number of carbonyl (C=O) groups excluding carboxylic acids is 1.